The quantitative estimate of drug-likeness (QED) is 0.373. The molecule has 0 spiro atoms. The summed E-state index contributed by atoms with van der Waals surface area (Å²) in [5, 5.41) is 10.6. The van der Waals surface area contributed by atoms with Gasteiger partial charge >= 0.3 is 11.9 Å². The molecular weight excluding hydrogens is 317 g/mol. The van der Waals surface area contributed by atoms with Gasteiger partial charge in [-0.25, -0.2) is 9.18 Å². The summed E-state index contributed by atoms with van der Waals surface area (Å²) in [6.45, 7) is 4.34. The van der Waals surface area contributed by atoms with Gasteiger partial charge in [0.1, 0.15) is 11.4 Å². The Hall–Kier alpha value is -2.70. The van der Waals surface area contributed by atoms with Crippen LogP contribution in [0.15, 0.2) is 40.6 Å². The summed E-state index contributed by atoms with van der Waals surface area (Å²) in [4.78, 5) is 27.4. The molecule has 0 aromatic heterocycles. The van der Waals surface area contributed by atoms with E-state index in [0.717, 1.165) is 13.0 Å². The number of esters is 2. The number of aliphatic hydroxyl groups excluding tert-OH is 1. The lowest BCUT2D eigenvalue weighted by atomic mass is 10.0. The number of ether oxygens (including phenoxy) is 2. The molecule has 0 amide bonds. The Morgan fingerprint density at radius 2 is 2.00 bits per heavy atom. The highest BCUT2D eigenvalue weighted by molar-refractivity contribution is 6.19. The molecule has 0 radical (unpaired) electrons. The zero-order valence-electron chi connectivity index (χ0n) is 14.0. The molecule has 0 fully saturated rings. The highest BCUT2D eigenvalue weighted by Crippen LogP contribution is 2.28. The van der Waals surface area contributed by atoms with Crippen molar-refractivity contribution in [2.24, 2.45) is 4.99 Å². The molecule has 0 aliphatic rings. The van der Waals surface area contributed by atoms with Crippen LogP contribution in [-0.2, 0) is 19.1 Å². The van der Waals surface area contributed by atoms with Crippen LogP contribution < -0.4 is 0 Å². The van der Waals surface area contributed by atoms with Crippen LogP contribution in [0.5, 0.6) is 0 Å². The predicted molar refractivity (Wildman–Crippen MR) is 86.2 cm³/mol. The smallest absolute Gasteiger partial charge is 0.343 e. The van der Waals surface area contributed by atoms with Crippen LogP contribution in [0, 0.1) is 5.82 Å². The van der Waals surface area contributed by atoms with Crippen molar-refractivity contribution in [3.8, 4) is 0 Å². The van der Waals surface area contributed by atoms with E-state index in [-0.39, 0.29) is 23.5 Å². The highest BCUT2D eigenvalue weighted by atomic mass is 19.1. The number of carbonyl (C=O) groups is 2. The van der Waals surface area contributed by atoms with E-state index in [1.165, 1.54) is 32.2 Å². The Labute approximate surface area is 139 Å². The van der Waals surface area contributed by atoms with Crippen molar-refractivity contribution in [2.75, 3.05) is 13.7 Å². The first-order chi connectivity index (χ1) is 11.3. The largest absolute Gasteiger partial charge is 0.507 e. The molecule has 0 heterocycles. The van der Waals surface area contributed by atoms with Gasteiger partial charge in [0.15, 0.2) is 11.9 Å². The highest BCUT2D eigenvalue weighted by Gasteiger charge is 2.29. The molecule has 0 saturated heterocycles. The first-order valence-corrected chi connectivity index (χ1v) is 7.28. The lowest BCUT2D eigenvalue weighted by Crippen LogP contribution is -2.21. The lowest BCUT2D eigenvalue weighted by molar-refractivity contribution is -0.147. The van der Waals surface area contributed by atoms with Crippen LogP contribution in [0.4, 0.5) is 4.39 Å². The van der Waals surface area contributed by atoms with Gasteiger partial charge in [0.25, 0.3) is 0 Å². The van der Waals surface area contributed by atoms with Crippen molar-refractivity contribution < 1.29 is 28.6 Å². The van der Waals surface area contributed by atoms with E-state index in [2.05, 4.69) is 4.99 Å². The average Bonchev–Trinajstić information content (AvgIpc) is 2.52. The number of carbonyl (C=O) groups excluding carboxylic acids is 2. The summed E-state index contributed by atoms with van der Waals surface area (Å²) in [6, 6.07) is 5.18. The van der Waals surface area contributed by atoms with E-state index in [9.17, 15) is 19.1 Å². The minimum atomic E-state index is -1.35. The van der Waals surface area contributed by atoms with E-state index in [1.807, 2.05) is 0 Å². The molecule has 1 rings (SSSR count). The molecule has 1 N–H and O–H groups in total. The predicted octanol–water partition coefficient (Wildman–Crippen LogP) is 2.90. The first kappa shape index (κ1) is 19.3. The Morgan fingerprint density at radius 3 is 2.50 bits per heavy atom. The summed E-state index contributed by atoms with van der Waals surface area (Å²) in [6.07, 6.45) is -1.35. The number of hydrogen-bond donors (Lipinski definition) is 1. The fraction of sp³-hybridized carbons (Fsp3) is 0.353. The topological polar surface area (TPSA) is 85.2 Å². The van der Waals surface area contributed by atoms with Crippen molar-refractivity contribution in [1.82, 2.24) is 0 Å². The Bertz CT molecular complexity index is 681. The zero-order chi connectivity index (χ0) is 18.3. The Morgan fingerprint density at radius 1 is 1.33 bits per heavy atom. The lowest BCUT2D eigenvalue weighted by Gasteiger charge is -2.19. The molecule has 0 aliphatic heterocycles. The van der Waals surface area contributed by atoms with Crippen LogP contribution in [0.2, 0.25) is 0 Å². The number of aliphatic hydroxyl groups is 1. The molecule has 1 aromatic carbocycles. The van der Waals surface area contributed by atoms with Crippen LogP contribution in [0.25, 0.3) is 0 Å². The van der Waals surface area contributed by atoms with E-state index >= 15 is 0 Å². The van der Waals surface area contributed by atoms with Crippen molar-refractivity contribution in [3.63, 3.8) is 0 Å². The van der Waals surface area contributed by atoms with Crippen LogP contribution in [0.3, 0.4) is 0 Å². The maximum atomic E-state index is 13.5. The number of halogens is 1. The molecule has 0 aliphatic carbocycles. The van der Waals surface area contributed by atoms with E-state index in [1.54, 1.807) is 6.92 Å². The standard InChI is InChI=1S/C17H20FNO5/c1-5-23-17(22)14(10(2)19-4)15(21)16(24-11(3)20)12-7-6-8-13(18)9-12/h6-9,16,21H,5H2,1-4H3. The molecule has 1 unspecified atom stereocenters. The molecule has 6 nitrogen and oxygen atoms in total. The molecule has 0 saturated carbocycles. The second-order valence-electron chi connectivity index (χ2n) is 4.83. The van der Waals surface area contributed by atoms with Crippen LogP contribution in [-0.4, -0.2) is 36.4 Å². The number of rotatable bonds is 6. The van der Waals surface area contributed by atoms with Crippen molar-refractivity contribution in [1.29, 1.82) is 0 Å². The van der Waals surface area contributed by atoms with Crippen molar-refractivity contribution in [3.05, 3.63) is 47.0 Å². The van der Waals surface area contributed by atoms with Crippen LogP contribution >= 0.6 is 0 Å². The third-order valence-corrected chi connectivity index (χ3v) is 3.12. The fourth-order valence-electron chi connectivity index (χ4n) is 2.00. The zero-order valence-corrected chi connectivity index (χ0v) is 14.0. The molecule has 7 heteroatoms. The third kappa shape index (κ3) is 4.91. The number of benzene rings is 1. The molecule has 130 valence electrons. The average molecular weight is 337 g/mol. The summed E-state index contributed by atoms with van der Waals surface area (Å²) >= 11 is 0. The molecule has 24 heavy (non-hydrogen) atoms. The summed E-state index contributed by atoms with van der Waals surface area (Å²) in [7, 11) is 1.44. The second kappa shape index (κ2) is 8.81. The Balaban J connectivity index is 3.51. The van der Waals surface area contributed by atoms with E-state index in [4.69, 9.17) is 9.47 Å². The SMILES string of the molecule is CCOC(=O)C(C(C)=NC)=C(O)C(OC(C)=O)c1cccc(F)c1. The number of aliphatic imine (C=N–C) groups is 1. The van der Waals surface area contributed by atoms with Gasteiger partial charge in [-0.05, 0) is 26.0 Å². The molecule has 0 bridgehead atoms. The van der Waals surface area contributed by atoms with Gasteiger partial charge in [-0.15, -0.1) is 0 Å². The summed E-state index contributed by atoms with van der Waals surface area (Å²) in [5.41, 5.74) is 0.141. The van der Waals surface area contributed by atoms with Gasteiger partial charge in [0.2, 0.25) is 0 Å². The summed E-state index contributed by atoms with van der Waals surface area (Å²) < 4.78 is 23.5. The van der Waals surface area contributed by atoms with E-state index in [0.29, 0.717) is 0 Å². The van der Waals surface area contributed by atoms with Gasteiger partial charge in [-0.2, -0.15) is 0 Å². The maximum Gasteiger partial charge on any atom is 0.343 e. The van der Waals surface area contributed by atoms with Gasteiger partial charge < -0.3 is 14.6 Å². The van der Waals surface area contributed by atoms with Gasteiger partial charge in [0, 0.05) is 25.2 Å². The van der Waals surface area contributed by atoms with Crippen LogP contribution in [0.1, 0.15) is 32.4 Å². The second-order valence-corrected chi connectivity index (χ2v) is 4.83. The fourth-order valence-corrected chi connectivity index (χ4v) is 2.00. The number of nitrogens with zero attached hydrogens (tertiary/aromatic N) is 1. The summed E-state index contributed by atoms with van der Waals surface area (Å²) in [5.74, 6) is -2.66. The van der Waals surface area contributed by atoms with E-state index < -0.39 is 29.6 Å². The van der Waals surface area contributed by atoms with Crippen molar-refractivity contribution >= 4 is 17.7 Å². The Kier molecular flexibility index (Phi) is 7.10. The first-order valence-electron chi connectivity index (χ1n) is 7.28. The monoisotopic (exact) mass is 337 g/mol. The van der Waals surface area contributed by atoms with Gasteiger partial charge in [-0.3, -0.25) is 9.79 Å². The maximum absolute atomic E-state index is 13.5. The molecular formula is C17H20FNO5. The number of hydrogen-bond acceptors (Lipinski definition) is 6. The third-order valence-electron chi connectivity index (χ3n) is 3.12. The van der Waals surface area contributed by atoms with Gasteiger partial charge in [-0.1, -0.05) is 12.1 Å². The van der Waals surface area contributed by atoms with Gasteiger partial charge in [0.05, 0.1) is 6.61 Å². The normalized spacial score (nSPS) is 13.8. The molecule has 1 aromatic rings. The molecule has 1 atom stereocenters. The van der Waals surface area contributed by atoms with Crippen molar-refractivity contribution in [2.45, 2.75) is 26.9 Å². The minimum Gasteiger partial charge on any atom is -0.507 e. The minimum absolute atomic E-state index is 0.0881.